The van der Waals surface area contributed by atoms with Crippen LogP contribution in [0.1, 0.15) is 36.8 Å². The summed E-state index contributed by atoms with van der Waals surface area (Å²) in [5, 5.41) is 10.8. The third-order valence-electron chi connectivity index (χ3n) is 5.32. The highest BCUT2D eigenvalue weighted by Crippen LogP contribution is 2.48. The Morgan fingerprint density at radius 3 is 2.68 bits per heavy atom. The quantitative estimate of drug-likeness (QED) is 0.605. The molecule has 0 spiro atoms. The summed E-state index contributed by atoms with van der Waals surface area (Å²) in [5.41, 5.74) is 2.68. The van der Waals surface area contributed by atoms with Crippen LogP contribution >= 0.6 is 0 Å². The molecule has 100 valence electrons. The van der Waals surface area contributed by atoms with E-state index in [0.717, 1.165) is 36.5 Å². The highest BCUT2D eigenvalue weighted by atomic mass is 16.6. The van der Waals surface area contributed by atoms with E-state index in [2.05, 4.69) is 4.90 Å². The van der Waals surface area contributed by atoms with Crippen molar-refractivity contribution in [3.63, 3.8) is 0 Å². The van der Waals surface area contributed by atoms with Crippen molar-refractivity contribution in [3.8, 4) is 0 Å². The van der Waals surface area contributed by atoms with E-state index < -0.39 is 0 Å². The first-order chi connectivity index (χ1) is 9.20. The summed E-state index contributed by atoms with van der Waals surface area (Å²) in [4.78, 5) is 13.1. The van der Waals surface area contributed by atoms with E-state index >= 15 is 0 Å². The van der Waals surface area contributed by atoms with Crippen molar-refractivity contribution in [2.45, 2.75) is 44.8 Å². The molecule has 2 fully saturated rings. The van der Waals surface area contributed by atoms with Gasteiger partial charge in [-0.05, 0) is 42.2 Å². The van der Waals surface area contributed by atoms with Crippen LogP contribution < -0.4 is 0 Å². The highest BCUT2D eigenvalue weighted by molar-refractivity contribution is 5.41. The fourth-order valence-electron chi connectivity index (χ4n) is 4.41. The number of nitrogens with zero attached hydrogens (tertiary/aromatic N) is 2. The van der Waals surface area contributed by atoms with Crippen molar-refractivity contribution in [2.24, 2.45) is 11.8 Å². The zero-order chi connectivity index (χ0) is 13.0. The average molecular weight is 258 g/mol. The summed E-state index contributed by atoms with van der Waals surface area (Å²) in [5.74, 6) is 1.84. The van der Waals surface area contributed by atoms with Gasteiger partial charge in [0.25, 0.3) is 5.69 Å². The van der Waals surface area contributed by atoms with Gasteiger partial charge in [-0.25, -0.2) is 0 Å². The molecule has 0 amide bonds. The molecule has 2 saturated carbocycles. The summed E-state index contributed by atoms with van der Waals surface area (Å²) in [7, 11) is 0. The smallest absolute Gasteiger partial charge is 0.269 e. The van der Waals surface area contributed by atoms with Crippen LogP contribution in [-0.4, -0.2) is 15.9 Å². The van der Waals surface area contributed by atoms with Gasteiger partial charge >= 0.3 is 0 Å². The van der Waals surface area contributed by atoms with Crippen molar-refractivity contribution in [3.05, 3.63) is 39.4 Å². The molecule has 2 aliphatic carbocycles. The van der Waals surface area contributed by atoms with Gasteiger partial charge in [-0.15, -0.1) is 0 Å². The minimum Gasteiger partial charge on any atom is -0.292 e. The first-order valence-corrected chi connectivity index (χ1v) is 7.21. The molecule has 3 aliphatic rings. The molecule has 1 aromatic rings. The molecule has 1 aliphatic heterocycles. The first-order valence-electron chi connectivity index (χ1n) is 7.21. The second kappa shape index (κ2) is 4.04. The Morgan fingerprint density at radius 2 is 2.00 bits per heavy atom. The van der Waals surface area contributed by atoms with Gasteiger partial charge in [0.05, 0.1) is 4.92 Å². The van der Waals surface area contributed by atoms with Gasteiger partial charge in [0, 0.05) is 31.3 Å². The topological polar surface area (TPSA) is 46.4 Å². The molecule has 0 saturated heterocycles. The van der Waals surface area contributed by atoms with Crippen LogP contribution in [0.3, 0.4) is 0 Å². The summed E-state index contributed by atoms with van der Waals surface area (Å²) in [6.45, 7) is 1.89. The lowest BCUT2D eigenvalue weighted by Crippen LogP contribution is -2.34. The number of non-ortho nitro benzene ring substituents is 1. The van der Waals surface area contributed by atoms with E-state index in [9.17, 15) is 10.1 Å². The molecule has 3 unspecified atom stereocenters. The maximum absolute atomic E-state index is 10.8. The molecule has 1 heterocycles. The van der Waals surface area contributed by atoms with Crippen LogP contribution in [0.2, 0.25) is 0 Å². The van der Waals surface area contributed by atoms with Gasteiger partial charge in [-0.1, -0.05) is 12.5 Å². The Kier molecular flexibility index (Phi) is 2.42. The largest absolute Gasteiger partial charge is 0.292 e. The van der Waals surface area contributed by atoms with Gasteiger partial charge in [0.15, 0.2) is 0 Å². The summed E-state index contributed by atoms with van der Waals surface area (Å²) < 4.78 is 0. The Morgan fingerprint density at radius 1 is 1.16 bits per heavy atom. The Bertz CT molecular complexity index is 543. The van der Waals surface area contributed by atoms with Crippen LogP contribution in [-0.2, 0) is 13.1 Å². The zero-order valence-electron chi connectivity index (χ0n) is 10.9. The van der Waals surface area contributed by atoms with E-state index in [4.69, 9.17) is 0 Å². The molecule has 0 radical (unpaired) electrons. The fourth-order valence-corrected chi connectivity index (χ4v) is 4.41. The van der Waals surface area contributed by atoms with Crippen LogP contribution in [0.4, 0.5) is 5.69 Å². The third-order valence-corrected chi connectivity index (χ3v) is 5.32. The number of hydrogen-bond donors (Lipinski definition) is 0. The minimum absolute atomic E-state index is 0.230. The van der Waals surface area contributed by atoms with Crippen molar-refractivity contribution >= 4 is 5.69 Å². The summed E-state index contributed by atoms with van der Waals surface area (Å²) in [6.07, 6.45) is 5.58. The molecular weight excluding hydrogens is 240 g/mol. The number of rotatable bonds is 2. The minimum atomic E-state index is -0.291. The van der Waals surface area contributed by atoms with Crippen molar-refractivity contribution in [1.82, 2.24) is 4.90 Å². The highest BCUT2D eigenvalue weighted by Gasteiger charge is 2.43. The lowest BCUT2D eigenvalue weighted by molar-refractivity contribution is -0.384. The van der Waals surface area contributed by atoms with Crippen LogP contribution in [0, 0.1) is 22.0 Å². The lowest BCUT2D eigenvalue weighted by atomic mass is 9.94. The molecule has 3 atom stereocenters. The second-order valence-corrected chi connectivity index (χ2v) is 6.36. The predicted molar refractivity (Wildman–Crippen MR) is 71.6 cm³/mol. The molecule has 0 aromatic heterocycles. The van der Waals surface area contributed by atoms with Gasteiger partial charge < -0.3 is 0 Å². The van der Waals surface area contributed by atoms with E-state index in [-0.39, 0.29) is 10.6 Å². The van der Waals surface area contributed by atoms with Gasteiger partial charge in [0.1, 0.15) is 0 Å². The zero-order valence-corrected chi connectivity index (χ0v) is 10.9. The SMILES string of the molecule is O=[N+]([O-])c1ccc2c(c1)CN(C1CC3CCC1C3)C2. The maximum atomic E-state index is 10.8. The molecule has 4 rings (SSSR count). The Hall–Kier alpha value is -1.42. The van der Waals surface area contributed by atoms with E-state index in [1.54, 1.807) is 12.1 Å². The molecule has 19 heavy (non-hydrogen) atoms. The Labute approximate surface area is 112 Å². The molecule has 4 nitrogen and oxygen atoms in total. The monoisotopic (exact) mass is 258 g/mol. The number of hydrogen-bond acceptors (Lipinski definition) is 3. The van der Waals surface area contributed by atoms with Gasteiger partial charge in [0.2, 0.25) is 0 Å². The van der Waals surface area contributed by atoms with E-state index in [0.29, 0.717) is 0 Å². The molecule has 4 heteroatoms. The lowest BCUT2D eigenvalue weighted by Gasteiger charge is -2.31. The summed E-state index contributed by atoms with van der Waals surface area (Å²) >= 11 is 0. The van der Waals surface area contributed by atoms with Gasteiger partial charge in [-0.2, -0.15) is 0 Å². The molecule has 2 bridgehead atoms. The van der Waals surface area contributed by atoms with E-state index in [1.165, 1.54) is 31.2 Å². The van der Waals surface area contributed by atoms with E-state index in [1.807, 2.05) is 6.07 Å². The number of nitro groups is 1. The first kappa shape index (κ1) is 11.4. The number of fused-ring (bicyclic) bond motifs is 3. The average Bonchev–Trinajstić information content (AvgIpc) is 3.11. The van der Waals surface area contributed by atoms with Crippen LogP contribution in [0.15, 0.2) is 18.2 Å². The second-order valence-electron chi connectivity index (χ2n) is 6.36. The van der Waals surface area contributed by atoms with Crippen LogP contribution in [0.5, 0.6) is 0 Å². The normalized spacial score (nSPS) is 32.7. The fraction of sp³-hybridized carbons (Fsp3) is 0.600. The van der Waals surface area contributed by atoms with Gasteiger partial charge in [-0.3, -0.25) is 15.0 Å². The van der Waals surface area contributed by atoms with Crippen molar-refractivity contribution in [2.75, 3.05) is 0 Å². The van der Waals surface area contributed by atoms with Crippen LogP contribution in [0.25, 0.3) is 0 Å². The predicted octanol–water partition coefficient (Wildman–Crippen LogP) is 3.10. The number of nitro benzene ring substituents is 1. The standard InChI is InChI=1S/C15H18N2O2/c18-17(19)14-4-3-12-8-16(9-13(12)7-14)15-6-10-1-2-11(15)5-10/h3-4,7,10-11,15H,1-2,5-6,8-9H2. The Balaban J connectivity index is 1.55. The number of benzene rings is 1. The van der Waals surface area contributed by atoms with Crippen molar-refractivity contribution < 1.29 is 4.92 Å². The summed E-state index contributed by atoms with van der Waals surface area (Å²) in [6, 6.07) is 6.08. The van der Waals surface area contributed by atoms with Crippen molar-refractivity contribution in [1.29, 1.82) is 0 Å². The maximum Gasteiger partial charge on any atom is 0.269 e. The molecule has 1 aromatic carbocycles. The third kappa shape index (κ3) is 1.77. The molecule has 0 N–H and O–H groups in total. The molecular formula is C15H18N2O2.